The van der Waals surface area contributed by atoms with Crippen LogP contribution >= 0.6 is 11.6 Å². The summed E-state index contributed by atoms with van der Waals surface area (Å²) in [5.74, 6) is 0.278. The number of carbonyl (C=O) groups is 1. The third kappa shape index (κ3) is 5.75. The second kappa shape index (κ2) is 9.48. The Morgan fingerprint density at radius 1 is 1.24 bits per heavy atom. The lowest BCUT2D eigenvalue weighted by Crippen LogP contribution is -2.47. The summed E-state index contributed by atoms with van der Waals surface area (Å²) in [5.41, 5.74) is 0.443. The maximum absolute atomic E-state index is 12.3. The van der Waals surface area contributed by atoms with Crippen LogP contribution in [0.2, 0.25) is 5.02 Å². The first-order chi connectivity index (χ1) is 13.9. The Hall–Kier alpha value is -2.98. The standard InChI is InChI=1S/C18H22ClN7O3/c1-24-8-10-25(11-9-24)16(27)6-7-20-17-15(26(28)29)12-21-18(23-17)22-14-4-2-13(19)3-5-14/h2-5,12H,6-11H2,1H3,(H2,20,21,22,23). The Morgan fingerprint density at radius 2 is 1.93 bits per heavy atom. The van der Waals surface area contributed by atoms with E-state index in [0.29, 0.717) is 23.8 Å². The van der Waals surface area contributed by atoms with E-state index >= 15 is 0 Å². The number of halogens is 1. The predicted octanol–water partition coefficient (Wildman–Crippen LogP) is 2.36. The molecule has 1 aliphatic heterocycles. The van der Waals surface area contributed by atoms with Crippen LogP contribution in [0.5, 0.6) is 0 Å². The molecule has 3 rings (SSSR count). The quantitative estimate of drug-likeness (QED) is 0.519. The van der Waals surface area contributed by atoms with Crippen molar-refractivity contribution < 1.29 is 9.72 Å². The molecular formula is C18H22ClN7O3. The van der Waals surface area contributed by atoms with Gasteiger partial charge in [-0.15, -0.1) is 0 Å². The number of nitrogens with one attached hydrogen (secondary N) is 2. The summed E-state index contributed by atoms with van der Waals surface area (Å²) >= 11 is 5.86. The van der Waals surface area contributed by atoms with E-state index in [2.05, 4.69) is 25.5 Å². The summed E-state index contributed by atoms with van der Waals surface area (Å²) < 4.78 is 0. The number of carbonyl (C=O) groups excluding carboxylic acids is 1. The van der Waals surface area contributed by atoms with Crippen LogP contribution in [0.1, 0.15) is 6.42 Å². The predicted molar refractivity (Wildman–Crippen MR) is 111 cm³/mol. The van der Waals surface area contributed by atoms with Gasteiger partial charge in [0.05, 0.1) is 4.92 Å². The molecule has 2 N–H and O–H groups in total. The normalized spacial score (nSPS) is 14.5. The van der Waals surface area contributed by atoms with Gasteiger partial charge in [0.2, 0.25) is 17.7 Å². The van der Waals surface area contributed by atoms with E-state index in [0.717, 1.165) is 19.3 Å². The number of nitrogens with zero attached hydrogens (tertiary/aromatic N) is 5. The topological polar surface area (TPSA) is 117 Å². The SMILES string of the molecule is CN1CCN(C(=O)CCNc2nc(Nc3ccc(Cl)cc3)ncc2[N+](=O)[O-])CC1. The molecule has 0 bridgehead atoms. The molecule has 2 aromatic rings. The highest BCUT2D eigenvalue weighted by Crippen LogP contribution is 2.24. The van der Waals surface area contributed by atoms with Gasteiger partial charge in [-0.3, -0.25) is 14.9 Å². The maximum atomic E-state index is 12.3. The molecule has 0 atom stereocenters. The van der Waals surface area contributed by atoms with Crippen molar-refractivity contribution >= 4 is 40.6 Å². The minimum absolute atomic E-state index is 0.0156. The number of benzene rings is 1. The van der Waals surface area contributed by atoms with Crippen molar-refractivity contribution in [1.29, 1.82) is 0 Å². The van der Waals surface area contributed by atoms with Gasteiger partial charge in [0, 0.05) is 49.9 Å². The maximum Gasteiger partial charge on any atom is 0.329 e. The Balaban J connectivity index is 1.62. The fraction of sp³-hybridized carbons (Fsp3) is 0.389. The summed E-state index contributed by atoms with van der Waals surface area (Å²) in [5, 5.41) is 17.7. The third-order valence-corrected chi connectivity index (χ3v) is 4.81. The van der Waals surface area contributed by atoms with Crippen LogP contribution in [0.15, 0.2) is 30.5 Å². The largest absolute Gasteiger partial charge is 0.364 e. The summed E-state index contributed by atoms with van der Waals surface area (Å²) in [4.78, 5) is 35.2. The minimum Gasteiger partial charge on any atom is -0.364 e. The second-order valence-corrected chi connectivity index (χ2v) is 7.11. The van der Waals surface area contributed by atoms with Crippen LogP contribution in [0, 0.1) is 10.1 Å². The molecule has 1 saturated heterocycles. The highest BCUT2D eigenvalue weighted by molar-refractivity contribution is 6.30. The second-order valence-electron chi connectivity index (χ2n) is 6.68. The summed E-state index contributed by atoms with van der Waals surface area (Å²) in [6, 6.07) is 6.90. The van der Waals surface area contributed by atoms with Crippen LogP contribution in [0.3, 0.4) is 0 Å². The van der Waals surface area contributed by atoms with Crippen molar-refractivity contribution in [1.82, 2.24) is 19.8 Å². The first kappa shape index (κ1) is 20.7. The zero-order chi connectivity index (χ0) is 20.8. The van der Waals surface area contributed by atoms with Crippen molar-refractivity contribution in [2.45, 2.75) is 6.42 Å². The molecule has 0 unspecified atom stereocenters. The minimum atomic E-state index is -0.559. The molecule has 0 spiro atoms. The Labute approximate surface area is 173 Å². The van der Waals surface area contributed by atoms with Gasteiger partial charge in [-0.1, -0.05) is 11.6 Å². The lowest BCUT2D eigenvalue weighted by Gasteiger charge is -2.32. The Bertz CT molecular complexity index is 870. The van der Waals surface area contributed by atoms with E-state index in [-0.39, 0.29) is 36.3 Å². The van der Waals surface area contributed by atoms with Crippen molar-refractivity contribution in [3.8, 4) is 0 Å². The molecule has 1 aromatic heterocycles. The molecule has 154 valence electrons. The van der Waals surface area contributed by atoms with Crippen LogP contribution in [0.25, 0.3) is 0 Å². The number of aromatic nitrogens is 2. The number of nitro groups is 1. The first-order valence-corrected chi connectivity index (χ1v) is 9.54. The van der Waals surface area contributed by atoms with Crippen LogP contribution in [0.4, 0.5) is 23.1 Å². The highest BCUT2D eigenvalue weighted by Gasteiger charge is 2.20. The third-order valence-electron chi connectivity index (χ3n) is 4.55. The summed E-state index contributed by atoms with van der Waals surface area (Å²) in [6.45, 7) is 3.31. The lowest BCUT2D eigenvalue weighted by molar-refractivity contribution is -0.384. The van der Waals surface area contributed by atoms with Gasteiger partial charge in [-0.25, -0.2) is 4.98 Å². The summed E-state index contributed by atoms with van der Waals surface area (Å²) in [6.07, 6.45) is 1.36. The molecule has 1 fully saturated rings. The van der Waals surface area contributed by atoms with Gasteiger partial charge >= 0.3 is 5.69 Å². The molecule has 0 aliphatic carbocycles. The molecule has 1 amide bonds. The van der Waals surface area contributed by atoms with Crippen LogP contribution < -0.4 is 10.6 Å². The molecule has 1 aliphatic rings. The number of rotatable bonds is 7. The average molecular weight is 420 g/mol. The summed E-state index contributed by atoms with van der Waals surface area (Å²) in [7, 11) is 2.02. The first-order valence-electron chi connectivity index (χ1n) is 9.16. The molecule has 0 radical (unpaired) electrons. The molecule has 2 heterocycles. The van der Waals surface area contributed by atoms with Crippen LogP contribution in [-0.4, -0.2) is 70.4 Å². The highest BCUT2D eigenvalue weighted by atomic mass is 35.5. The zero-order valence-electron chi connectivity index (χ0n) is 16.0. The van der Waals surface area contributed by atoms with Gasteiger partial charge < -0.3 is 20.4 Å². The van der Waals surface area contributed by atoms with Crippen molar-refractivity contribution in [2.24, 2.45) is 0 Å². The van der Waals surface area contributed by atoms with E-state index in [1.807, 2.05) is 11.9 Å². The number of hydrogen-bond donors (Lipinski definition) is 2. The number of amides is 1. The lowest BCUT2D eigenvalue weighted by atomic mass is 10.3. The Morgan fingerprint density at radius 3 is 2.59 bits per heavy atom. The van der Waals surface area contributed by atoms with Gasteiger partial charge in [-0.2, -0.15) is 4.98 Å². The van der Waals surface area contributed by atoms with Gasteiger partial charge in [0.1, 0.15) is 6.20 Å². The monoisotopic (exact) mass is 419 g/mol. The van der Waals surface area contributed by atoms with Gasteiger partial charge in [0.25, 0.3) is 0 Å². The van der Waals surface area contributed by atoms with Gasteiger partial charge in [0.15, 0.2) is 0 Å². The van der Waals surface area contributed by atoms with E-state index < -0.39 is 4.92 Å². The number of likely N-dealkylation sites (N-methyl/N-ethyl adjacent to an activating group) is 1. The molecule has 29 heavy (non-hydrogen) atoms. The smallest absolute Gasteiger partial charge is 0.329 e. The fourth-order valence-electron chi connectivity index (χ4n) is 2.86. The van der Waals surface area contributed by atoms with Crippen molar-refractivity contribution in [2.75, 3.05) is 50.4 Å². The molecule has 0 saturated carbocycles. The number of piperazine rings is 1. The Kier molecular flexibility index (Phi) is 6.78. The molecule has 1 aromatic carbocycles. The van der Waals surface area contributed by atoms with E-state index in [9.17, 15) is 14.9 Å². The zero-order valence-corrected chi connectivity index (χ0v) is 16.7. The van der Waals surface area contributed by atoms with Crippen molar-refractivity contribution in [3.63, 3.8) is 0 Å². The molecular weight excluding hydrogens is 398 g/mol. The molecule has 10 nitrogen and oxygen atoms in total. The van der Waals surface area contributed by atoms with E-state index in [1.165, 1.54) is 0 Å². The van der Waals surface area contributed by atoms with E-state index in [1.54, 1.807) is 24.3 Å². The number of hydrogen-bond acceptors (Lipinski definition) is 8. The number of anilines is 3. The average Bonchev–Trinajstić information content (AvgIpc) is 2.70. The van der Waals surface area contributed by atoms with Crippen molar-refractivity contribution in [3.05, 3.63) is 45.6 Å². The fourth-order valence-corrected chi connectivity index (χ4v) is 2.99. The molecule has 11 heteroatoms. The van der Waals surface area contributed by atoms with E-state index in [4.69, 9.17) is 11.6 Å². The van der Waals surface area contributed by atoms with Crippen LogP contribution in [-0.2, 0) is 4.79 Å². The van der Waals surface area contributed by atoms with Gasteiger partial charge in [-0.05, 0) is 31.3 Å².